The lowest BCUT2D eigenvalue weighted by Gasteiger charge is -2.03. The van der Waals surface area contributed by atoms with E-state index in [1.165, 1.54) is 0 Å². The molecule has 5 heteroatoms. The van der Waals surface area contributed by atoms with Gasteiger partial charge in [-0.15, -0.1) is 0 Å². The van der Waals surface area contributed by atoms with E-state index in [2.05, 4.69) is 15.4 Å². The van der Waals surface area contributed by atoms with Gasteiger partial charge in [0.25, 0.3) is 0 Å². The molecule has 1 amide bonds. The van der Waals surface area contributed by atoms with Crippen LogP contribution in [0.5, 0.6) is 0 Å². The van der Waals surface area contributed by atoms with Crippen LogP contribution in [-0.4, -0.2) is 20.7 Å². The molecule has 0 aliphatic rings. The van der Waals surface area contributed by atoms with Crippen molar-refractivity contribution < 1.29 is 4.79 Å². The summed E-state index contributed by atoms with van der Waals surface area (Å²) in [6, 6.07) is 5.63. The molecule has 5 nitrogen and oxygen atoms in total. The SMILES string of the molecule is Cn1cc(CC(=O)NCc2ccccn2)cn1. The number of rotatable bonds is 4. The van der Waals surface area contributed by atoms with Crippen LogP contribution in [0.4, 0.5) is 0 Å². The summed E-state index contributed by atoms with van der Waals surface area (Å²) in [5, 5.41) is 6.83. The molecule has 0 saturated carbocycles. The zero-order valence-corrected chi connectivity index (χ0v) is 9.63. The van der Waals surface area contributed by atoms with Crippen LogP contribution in [0.3, 0.4) is 0 Å². The molecule has 0 saturated heterocycles. The Morgan fingerprint density at radius 3 is 3.00 bits per heavy atom. The highest BCUT2D eigenvalue weighted by Gasteiger charge is 2.04. The molecule has 2 aromatic rings. The van der Waals surface area contributed by atoms with Crippen LogP contribution in [-0.2, 0) is 24.8 Å². The second kappa shape index (κ2) is 5.25. The van der Waals surface area contributed by atoms with Crippen LogP contribution in [0.2, 0.25) is 0 Å². The van der Waals surface area contributed by atoms with Gasteiger partial charge in [0.05, 0.1) is 24.9 Å². The van der Waals surface area contributed by atoms with E-state index >= 15 is 0 Å². The average Bonchev–Trinajstić information content (AvgIpc) is 2.73. The van der Waals surface area contributed by atoms with Gasteiger partial charge in [0, 0.05) is 19.4 Å². The summed E-state index contributed by atoms with van der Waals surface area (Å²) in [6.07, 6.45) is 5.59. The molecular formula is C12H14N4O. The van der Waals surface area contributed by atoms with Gasteiger partial charge in [0.2, 0.25) is 5.91 Å². The largest absolute Gasteiger partial charge is 0.350 e. The second-order valence-electron chi connectivity index (χ2n) is 3.80. The van der Waals surface area contributed by atoms with Crippen molar-refractivity contribution in [2.24, 2.45) is 7.05 Å². The third-order valence-corrected chi connectivity index (χ3v) is 2.32. The van der Waals surface area contributed by atoms with E-state index in [-0.39, 0.29) is 5.91 Å². The number of amides is 1. The fourth-order valence-electron chi connectivity index (χ4n) is 1.50. The monoisotopic (exact) mass is 230 g/mol. The molecule has 0 spiro atoms. The van der Waals surface area contributed by atoms with Gasteiger partial charge in [0.1, 0.15) is 0 Å². The number of aromatic nitrogens is 3. The minimum absolute atomic E-state index is 0.0244. The average molecular weight is 230 g/mol. The molecule has 0 atom stereocenters. The second-order valence-corrected chi connectivity index (χ2v) is 3.80. The first-order valence-electron chi connectivity index (χ1n) is 5.38. The number of nitrogens with one attached hydrogen (secondary N) is 1. The minimum Gasteiger partial charge on any atom is -0.350 e. The van der Waals surface area contributed by atoms with Crippen molar-refractivity contribution in [1.29, 1.82) is 0 Å². The quantitative estimate of drug-likeness (QED) is 0.840. The van der Waals surface area contributed by atoms with E-state index in [4.69, 9.17) is 0 Å². The first-order chi connectivity index (χ1) is 8.24. The molecule has 0 aliphatic carbocycles. The van der Waals surface area contributed by atoms with Crippen molar-refractivity contribution in [3.63, 3.8) is 0 Å². The molecule has 0 aliphatic heterocycles. The number of pyridine rings is 1. The fraction of sp³-hybridized carbons (Fsp3) is 0.250. The Morgan fingerprint density at radius 1 is 1.47 bits per heavy atom. The predicted octanol–water partition coefficient (Wildman–Crippen LogP) is 0.674. The zero-order valence-electron chi connectivity index (χ0n) is 9.63. The summed E-state index contributed by atoms with van der Waals surface area (Å²) in [6.45, 7) is 0.458. The molecule has 0 radical (unpaired) electrons. The summed E-state index contributed by atoms with van der Waals surface area (Å²) in [5.74, 6) is -0.0244. The predicted molar refractivity (Wildman–Crippen MR) is 63.0 cm³/mol. The fourth-order valence-corrected chi connectivity index (χ4v) is 1.50. The van der Waals surface area contributed by atoms with Crippen LogP contribution in [0.1, 0.15) is 11.3 Å². The normalized spacial score (nSPS) is 10.2. The Labute approximate surface area is 99.5 Å². The highest BCUT2D eigenvalue weighted by molar-refractivity contribution is 5.78. The summed E-state index contributed by atoms with van der Waals surface area (Å²) in [4.78, 5) is 15.7. The maximum atomic E-state index is 11.6. The Hall–Kier alpha value is -2.17. The van der Waals surface area contributed by atoms with E-state index in [0.717, 1.165) is 11.3 Å². The molecule has 2 rings (SSSR count). The third kappa shape index (κ3) is 3.41. The number of carbonyl (C=O) groups is 1. The first-order valence-corrected chi connectivity index (χ1v) is 5.38. The summed E-state index contributed by atoms with van der Waals surface area (Å²) >= 11 is 0. The Bertz CT molecular complexity index is 492. The van der Waals surface area contributed by atoms with Gasteiger partial charge in [0.15, 0.2) is 0 Å². The Morgan fingerprint density at radius 2 is 2.35 bits per heavy atom. The first kappa shape index (κ1) is 11.3. The van der Waals surface area contributed by atoms with Crippen molar-refractivity contribution in [2.45, 2.75) is 13.0 Å². The van der Waals surface area contributed by atoms with E-state index < -0.39 is 0 Å². The van der Waals surface area contributed by atoms with E-state index in [1.54, 1.807) is 17.1 Å². The standard InChI is InChI=1S/C12H14N4O/c1-16-9-10(7-15-16)6-12(17)14-8-11-4-2-3-5-13-11/h2-5,7,9H,6,8H2,1H3,(H,14,17). The molecule has 17 heavy (non-hydrogen) atoms. The van der Waals surface area contributed by atoms with Crippen LogP contribution in [0.25, 0.3) is 0 Å². The van der Waals surface area contributed by atoms with Gasteiger partial charge in [-0.25, -0.2) is 0 Å². The molecule has 2 aromatic heterocycles. The van der Waals surface area contributed by atoms with Crippen LogP contribution in [0, 0.1) is 0 Å². The van der Waals surface area contributed by atoms with Gasteiger partial charge < -0.3 is 5.32 Å². The van der Waals surface area contributed by atoms with Crippen molar-refractivity contribution in [3.05, 3.63) is 48.0 Å². The van der Waals surface area contributed by atoms with Gasteiger partial charge in [-0.05, 0) is 17.7 Å². The van der Waals surface area contributed by atoms with Gasteiger partial charge >= 0.3 is 0 Å². The van der Waals surface area contributed by atoms with E-state index in [9.17, 15) is 4.79 Å². The topological polar surface area (TPSA) is 59.8 Å². The van der Waals surface area contributed by atoms with Crippen molar-refractivity contribution in [2.75, 3.05) is 0 Å². The highest BCUT2D eigenvalue weighted by atomic mass is 16.1. The lowest BCUT2D eigenvalue weighted by molar-refractivity contribution is -0.120. The third-order valence-electron chi connectivity index (χ3n) is 2.32. The van der Waals surface area contributed by atoms with Crippen molar-refractivity contribution in [3.8, 4) is 0 Å². The van der Waals surface area contributed by atoms with Crippen molar-refractivity contribution in [1.82, 2.24) is 20.1 Å². The van der Waals surface area contributed by atoms with Gasteiger partial charge in [-0.2, -0.15) is 5.10 Å². The van der Waals surface area contributed by atoms with Gasteiger partial charge in [-0.3, -0.25) is 14.5 Å². The molecule has 0 aromatic carbocycles. The van der Waals surface area contributed by atoms with E-state index in [0.29, 0.717) is 13.0 Å². The summed E-state index contributed by atoms with van der Waals surface area (Å²) in [7, 11) is 1.83. The zero-order chi connectivity index (χ0) is 12.1. The summed E-state index contributed by atoms with van der Waals surface area (Å²) in [5.41, 5.74) is 1.76. The Balaban J connectivity index is 1.82. The number of hydrogen-bond donors (Lipinski definition) is 1. The van der Waals surface area contributed by atoms with E-state index in [1.807, 2.05) is 31.4 Å². The molecule has 0 bridgehead atoms. The molecule has 2 heterocycles. The summed E-state index contributed by atoms with van der Waals surface area (Å²) < 4.78 is 1.68. The molecule has 0 fully saturated rings. The number of carbonyl (C=O) groups excluding carboxylic acids is 1. The Kier molecular flexibility index (Phi) is 3.49. The number of hydrogen-bond acceptors (Lipinski definition) is 3. The number of nitrogens with zero attached hydrogens (tertiary/aromatic N) is 3. The van der Waals surface area contributed by atoms with Crippen LogP contribution >= 0.6 is 0 Å². The maximum Gasteiger partial charge on any atom is 0.224 e. The molecular weight excluding hydrogens is 216 g/mol. The maximum absolute atomic E-state index is 11.6. The smallest absolute Gasteiger partial charge is 0.224 e. The highest BCUT2D eigenvalue weighted by Crippen LogP contribution is 1.98. The van der Waals surface area contributed by atoms with Crippen LogP contribution < -0.4 is 5.32 Å². The number of aryl methyl sites for hydroxylation is 1. The van der Waals surface area contributed by atoms with Crippen molar-refractivity contribution >= 4 is 5.91 Å². The molecule has 88 valence electrons. The molecule has 1 N–H and O–H groups in total. The lowest BCUT2D eigenvalue weighted by Crippen LogP contribution is -2.24. The minimum atomic E-state index is -0.0244. The van der Waals surface area contributed by atoms with Crippen LogP contribution in [0.15, 0.2) is 36.8 Å². The molecule has 0 unspecified atom stereocenters. The van der Waals surface area contributed by atoms with Gasteiger partial charge in [-0.1, -0.05) is 6.07 Å². The lowest BCUT2D eigenvalue weighted by atomic mass is 10.2.